The lowest BCUT2D eigenvalue weighted by atomic mass is 10.2. The molecule has 86 valence electrons. The van der Waals surface area contributed by atoms with Crippen molar-refractivity contribution < 1.29 is 4.57 Å². The predicted molar refractivity (Wildman–Crippen MR) is 70.8 cm³/mol. The first-order valence-corrected chi connectivity index (χ1v) is 6.69. The number of fused-ring (bicyclic) bond motifs is 1. The molecule has 0 N–H and O–H groups in total. The predicted octanol–water partition coefficient (Wildman–Crippen LogP) is 3.30. The standard InChI is InChI=1S/C13H12ClN2S/c1-10-9-17-13-15(6-7-16(10)13)8-11-4-2-3-5-12(11)14/h2-7,9H,8H2,1H3/q+1. The van der Waals surface area contributed by atoms with Crippen LogP contribution in [0, 0.1) is 6.92 Å². The van der Waals surface area contributed by atoms with Gasteiger partial charge in [0.2, 0.25) is 0 Å². The van der Waals surface area contributed by atoms with Crippen molar-refractivity contribution in [2.45, 2.75) is 13.5 Å². The van der Waals surface area contributed by atoms with Gasteiger partial charge in [0, 0.05) is 16.0 Å². The molecule has 0 amide bonds. The van der Waals surface area contributed by atoms with Crippen molar-refractivity contribution in [1.29, 1.82) is 0 Å². The van der Waals surface area contributed by atoms with Crippen molar-refractivity contribution in [3.05, 3.63) is 58.3 Å². The van der Waals surface area contributed by atoms with Crippen LogP contribution in [-0.4, -0.2) is 4.40 Å². The van der Waals surface area contributed by atoms with E-state index in [4.69, 9.17) is 11.6 Å². The van der Waals surface area contributed by atoms with E-state index >= 15 is 0 Å². The van der Waals surface area contributed by atoms with Gasteiger partial charge >= 0.3 is 4.96 Å². The summed E-state index contributed by atoms with van der Waals surface area (Å²) in [5.74, 6) is 0. The van der Waals surface area contributed by atoms with Crippen LogP contribution in [0.5, 0.6) is 0 Å². The molecule has 1 aromatic carbocycles. The summed E-state index contributed by atoms with van der Waals surface area (Å²) in [6.45, 7) is 2.93. The molecule has 0 aliphatic carbocycles. The molecule has 2 heterocycles. The van der Waals surface area contributed by atoms with E-state index < -0.39 is 0 Å². The molecule has 0 fully saturated rings. The van der Waals surface area contributed by atoms with E-state index in [2.05, 4.69) is 39.7 Å². The van der Waals surface area contributed by atoms with Gasteiger partial charge in [0.25, 0.3) is 0 Å². The van der Waals surface area contributed by atoms with Crippen molar-refractivity contribution in [3.63, 3.8) is 0 Å². The monoisotopic (exact) mass is 263 g/mol. The lowest BCUT2D eigenvalue weighted by Crippen LogP contribution is -2.32. The number of imidazole rings is 1. The number of nitrogens with zero attached hydrogens (tertiary/aromatic N) is 2. The van der Waals surface area contributed by atoms with Gasteiger partial charge in [0.1, 0.15) is 24.6 Å². The summed E-state index contributed by atoms with van der Waals surface area (Å²) < 4.78 is 4.42. The normalized spacial score (nSPS) is 11.2. The van der Waals surface area contributed by atoms with Gasteiger partial charge in [-0.1, -0.05) is 41.1 Å². The molecule has 0 unspecified atom stereocenters. The number of thiazole rings is 1. The summed E-state index contributed by atoms with van der Waals surface area (Å²) in [5, 5.41) is 2.99. The van der Waals surface area contributed by atoms with Gasteiger partial charge in [-0.3, -0.25) is 0 Å². The van der Waals surface area contributed by atoms with Crippen LogP contribution < -0.4 is 4.57 Å². The molecule has 0 atom stereocenters. The van der Waals surface area contributed by atoms with E-state index in [9.17, 15) is 0 Å². The first kappa shape index (κ1) is 10.8. The summed E-state index contributed by atoms with van der Waals surface area (Å²) in [6, 6.07) is 7.99. The number of halogens is 1. The van der Waals surface area contributed by atoms with Gasteiger partial charge in [-0.25, -0.2) is 4.57 Å². The van der Waals surface area contributed by atoms with Gasteiger partial charge in [-0.05, 0) is 13.0 Å². The van der Waals surface area contributed by atoms with Crippen molar-refractivity contribution in [3.8, 4) is 0 Å². The van der Waals surface area contributed by atoms with E-state index in [-0.39, 0.29) is 0 Å². The van der Waals surface area contributed by atoms with E-state index in [1.165, 1.54) is 10.7 Å². The Balaban J connectivity index is 2.03. The zero-order valence-electron chi connectivity index (χ0n) is 9.43. The van der Waals surface area contributed by atoms with Crippen LogP contribution in [0.3, 0.4) is 0 Å². The molecule has 2 aromatic heterocycles. The van der Waals surface area contributed by atoms with E-state index in [1.54, 1.807) is 11.3 Å². The van der Waals surface area contributed by atoms with Crippen molar-refractivity contribution in [2.24, 2.45) is 0 Å². The molecule has 3 aromatic rings. The molecule has 0 radical (unpaired) electrons. The van der Waals surface area contributed by atoms with Crippen LogP contribution in [0.2, 0.25) is 5.02 Å². The van der Waals surface area contributed by atoms with Gasteiger partial charge in [-0.2, -0.15) is 4.40 Å². The Labute approximate surface area is 109 Å². The Morgan fingerprint density at radius 1 is 1.35 bits per heavy atom. The molecular weight excluding hydrogens is 252 g/mol. The zero-order chi connectivity index (χ0) is 11.8. The molecule has 3 rings (SSSR count). The molecule has 0 aliphatic heterocycles. The molecular formula is C13H12ClN2S+. The first-order valence-electron chi connectivity index (χ1n) is 5.44. The number of benzene rings is 1. The maximum atomic E-state index is 6.18. The van der Waals surface area contributed by atoms with Gasteiger partial charge in [-0.15, -0.1) is 0 Å². The number of rotatable bonds is 2. The highest BCUT2D eigenvalue weighted by Gasteiger charge is 2.14. The molecule has 17 heavy (non-hydrogen) atoms. The van der Waals surface area contributed by atoms with Gasteiger partial charge in [0.15, 0.2) is 0 Å². The highest BCUT2D eigenvalue weighted by Crippen LogP contribution is 2.16. The number of aryl methyl sites for hydroxylation is 1. The quantitative estimate of drug-likeness (QED) is 0.627. The van der Waals surface area contributed by atoms with Crippen LogP contribution in [0.4, 0.5) is 0 Å². The third kappa shape index (κ3) is 1.85. The lowest BCUT2D eigenvalue weighted by molar-refractivity contribution is -0.659. The van der Waals surface area contributed by atoms with Gasteiger partial charge in [0.05, 0.1) is 0 Å². The second-order valence-electron chi connectivity index (χ2n) is 4.05. The van der Waals surface area contributed by atoms with E-state index in [1.807, 2.05) is 18.2 Å². The molecule has 0 bridgehead atoms. The Morgan fingerprint density at radius 2 is 2.18 bits per heavy atom. The maximum Gasteiger partial charge on any atom is 0.346 e. The summed E-state index contributed by atoms with van der Waals surface area (Å²) in [7, 11) is 0. The van der Waals surface area contributed by atoms with Crippen LogP contribution in [0.25, 0.3) is 4.96 Å². The topological polar surface area (TPSA) is 8.29 Å². The zero-order valence-corrected chi connectivity index (χ0v) is 11.0. The third-order valence-electron chi connectivity index (χ3n) is 2.86. The van der Waals surface area contributed by atoms with Crippen molar-refractivity contribution in [1.82, 2.24) is 4.40 Å². The Hall–Kier alpha value is -1.32. The van der Waals surface area contributed by atoms with Crippen LogP contribution in [0.1, 0.15) is 11.3 Å². The minimum atomic E-state index is 0.816. The fourth-order valence-electron chi connectivity index (χ4n) is 1.93. The Bertz CT molecular complexity index is 669. The highest BCUT2D eigenvalue weighted by molar-refractivity contribution is 7.14. The Morgan fingerprint density at radius 3 is 3.00 bits per heavy atom. The fourth-order valence-corrected chi connectivity index (χ4v) is 3.10. The number of hydrogen-bond acceptors (Lipinski definition) is 1. The minimum absolute atomic E-state index is 0.816. The summed E-state index contributed by atoms with van der Waals surface area (Å²) in [5.41, 5.74) is 2.42. The molecule has 0 spiro atoms. The lowest BCUT2D eigenvalue weighted by Gasteiger charge is -2.00. The maximum absolute atomic E-state index is 6.18. The second-order valence-corrected chi connectivity index (χ2v) is 5.29. The van der Waals surface area contributed by atoms with E-state index in [0.29, 0.717) is 0 Å². The smallest absolute Gasteiger partial charge is 0.217 e. The van der Waals surface area contributed by atoms with Crippen LogP contribution >= 0.6 is 22.9 Å². The number of hydrogen-bond donors (Lipinski definition) is 0. The average Bonchev–Trinajstić information content (AvgIpc) is 2.87. The highest BCUT2D eigenvalue weighted by atomic mass is 35.5. The minimum Gasteiger partial charge on any atom is -0.217 e. The first-order chi connectivity index (χ1) is 8.25. The van der Waals surface area contributed by atoms with Gasteiger partial charge < -0.3 is 0 Å². The van der Waals surface area contributed by atoms with E-state index in [0.717, 1.165) is 17.1 Å². The Kier molecular flexibility index (Phi) is 2.65. The molecule has 0 saturated heterocycles. The van der Waals surface area contributed by atoms with Crippen LogP contribution in [-0.2, 0) is 6.54 Å². The largest absolute Gasteiger partial charge is 0.346 e. The second kappa shape index (κ2) is 4.17. The third-order valence-corrected chi connectivity index (χ3v) is 4.33. The fraction of sp³-hybridized carbons (Fsp3) is 0.154. The molecule has 2 nitrogen and oxygen atoms in total. The van der Waals surface area contributed by atoms with Crippen molar-refractivity contribution >= 4 is 27.9 Å². The molecule has 0 aliphatic rings. The summed E-state index contributed by atoms with van der Waals surface area (Å²) in [4.78, 5) is 1.24. The summed E-state index contributed by atoms with van der Waals surface area (Å²) in [6.07, 6.45) is 4.19. The van der Waals surface area contributed by atoms with Crippen molar-refractivity contribution in [2.75, 3.05) is 0 Å². The average molecular weight is 264 g/mol. The SMILES string of the molecule is Cc1csc2n1cc[n+]2Cc1ccccc1Cl. The molecule has 4 heteroatoms. The van der Waals surface area contributed by atoms with Crippen LogP contribution in [0.15, 0.2) is 42.0 Å². The number of aromatic nitrogens is 2. The molecule has 0 saturated carbocycles. The summed E-state index contributed by atoms with van der Waals surface area (Å²) >= 11 is 7.94.